The number of carbonyl (C=O) groups excluding carboxylic acids is 1. The Morgan fingerprint density at radius 2 is 2.28 bits per heavy atom. The van der Waals surface area contributed by atoms with Crippen molar-refractivity contribution < 1.29 is 14.3 Å². The summed E-state index contributed by atoms with van der Waals surface area (Å²) >= 11 is 0. The fourth-order valence-electron chi connectivity index (χ4n) is 2.36. The first kappa shape index (κ1) is 11.5. The van der Waals surface area contributed by atoms with E-state index in [0.29, 0.717) is 37.9 Å². The minimum absolute atomic E-state index is 0.0292. The Kier molecular flexibility index (Phi) is 2.95. The topological polar surface area (TPSA) is 56.6 Å². The molecule has 0 N–H and O–H groups in total. The van der Waals surface area contributed by atoms with Crippen LogP contribution in [0.1, 0.15) is 23.8 Å². The zero-order chi connectivity index (χ0) is 12.5. The van der Waals surface area contributed by atoms with E-state index in [1.54, 1.807) is 10.7 Å². The lowest BCUT2D eigenvalue weighted by atomic mass is 10.2. The molecule has 3 rings (SSSR count). The maximum atomic E-state index is 12.4. The van der Waals surface area contributed by atoms with Crippen molar-refractivity contribution in [1.82, 2.24) is 14.7 Å². The largest absolute Gasteiger partial charge is 0.476 e. The average Bonchev–Trinajstić information content (AvgIpc) is 2.87. The molecule has 2 aliphatic rings. The molecule has 6 heteroatoms. The van der Waals surface area contributed by atoms with Gasteiger partial charge in [0.1, 0.15) is 6.61 Å². The Hall–Kier alpha value is -1.56. The van der Waals surface area contributed by atoms with Gasteiger partial charge in [-0.1, -0.05) is 0 Å². The number of aromatic nitrogens is 2. The highest BCUT2D eigenvalue weighted by Crippen LogP contribution is 2.20. The quantitative estimate of drug-likeness (QED) is 0.730. The molecule has 2 aliphatic heterocycles. The number of fused-ring (bicyclic) bond motifs is 1. The molecule has 18 heavy (non-hydrogen) atoms. The van der Waals surface area contributed by atoms with Crippen LogP contribution in [0, 0.1) is 0 Å². The third-order valence-electron chi connectivity index (χ3n) is 3.46. The zero-order valence-electron chi connectivity index (χ0n) is 10.5. The summed E-state index contributed by atoms with van der Waals surface area (Å²) < 4.78 is 12.5. The van der Waals surface area contributed by atoms with Crippen molar-refractivity contribution in [2.45, 2.75) is 25.9 Å². The fraction of sp³-hybridized carbons (Fsp3) is 0.667. The van der Waals surface area contributed by atoms with Gasteiger partial charge in [-0.05, 0) is 13.3 Å². The number of hydrogen-bond acceptors (Lipinski definition) is 4. The third-order valence-corrected chi connectivity index (χ3v) is 3.46. The van der Waals surface area contributed by atoms with E-state index >= 15 is 0 Å². The predicted molar refractivity (Wildman–Crippen MR) is 63.7 cm³/mol. The Balaban J connectivity index is 1.79. The summed E-state index contributed by atoms with van der Waals surface area (Å²) in [5.41, 5.74) is 0.471. The maximum absolute atomic E-state index is 12.4. The van der Waals surface area contributed by atoms with Crippen LogP contribution in [0.2, 0.25) is 0 Å². The third kappa shape index (κ3) is 1.96. The molecule has 1 aromatic rings. The summed E-state index contributed by atoms with van der Waals surface area (Å²) in [5.74, 6) is 0.663. The van der Waals surface area contributed by atoms with E-state index in [1.165, 1.54) is 0 Å². The molecule has 1 atom stereocenters. The van der Waals surface area contributed by atoms with Crippen LogP contribution in [0.25, 0.3) is 0 Å². The van der Waals surface area contributed by atoms with Gasteiger partial charge in [0.05, 0.1) is 13.2 Å². The van der Waals surface area contributed by atoms with Crippen molar-refractivity contribution in [3.63, 3.8) is 0 Å². The number of ether oxygens (including phenoxy) is 2. The molecule has 1 fully saturated rings. The second kappa shape index (κ2) is 4.61. The first-order chi connectivity index (χ1) is 8.75. The molecule has 98 valence electrons. The van der Waals surface area contributed by atoms with Gasteiger partial charge in [-0.3, -0.25) is 4.79 Å². The molecule has 1 amide bonds. The number of amides is 1. The summed E-state index contributed by atoms with van der Waals surface area (Å²) in [4.78, 5) is 14.2. The van der Waals surface area contributed by atoms with Crippen LogP contribution in [0.5, 0.6) is 5.88 Å². The number of rotatable bonds is 1. The lowest BCUT2D eigenvalue weighted by Crippen LogP contribution is -2.39. The molecule has 6 nitrogen and oxygen atoms in total. The molecule has 1 unspecified atom stereocenters. The molecular weight excluding hydrogens is 234 g/mol. The van der Waals surface area contributed by atoms with Crippen LogP contribution >= 0.6 is 0 Å². The van der Waals surface area contributed by atoms with Gasteiger partial charge in [-0.25, -0.2) is 4.68 Å². The zero-order valence-corrected chi connectivity index (χ0v) is 10.5. The summed E-state index contributed by atoms with van der Waals surface area (Å²) in [6.45, 7) is 5.36. The van der Waals surface area contributed by atoms with Crippen LogP contribution in [0.4, 0.5) is 0 Å². The molecule has 0 bridgehead atoms. The predicted octanol–water partition coefficient (Wildman–Crippen LogP) is 0.526. The van der Waals surface area contributed by atoms with Crippen molar-refractivity contribution in [3.05, 3.63) is 11.8 Å². The Bertz CT molecular complexity index is 436. The van der Waals surface area contributed by atoms with Crippen molar-refractivity contribution in [3.8, 4) is 5.88 Å². The highest BCUT2D eigenvalue weighted by Gasteiger charge is 2.27. The summed E-state index contributed by atoms with van der Waals surface area (Å²) in [7, 11) is 0. The normalized spacial score (nSPS) is 23.4. The number of carbonyl (C=O) groups is 1. The molecule has 0 spiro atoms. The SMILES string of the molecule is CC1CCOCCN1C(=O)c1cc2n(n1)CCO2. The van der Waals surface area contributed by atoms with Gasteiger partial charge in [0, 0.05) is 25.3 Å². The van der Waals surface area contributed by atoms with E-state index in [-0.39, 0.29) is 11.9 Å². The smallest absolute Gasteiger partial charge is 0.274 e. The van der Waals surface area contributed by atoms with Gasteiger partial charge in [0.2, 0.25) is 5.88 Å². The van der Waals surface area contributed by atoms with Gasteiger partial charge < -0.3 is 14.4 Å². The Labute approximate surface area is 105 Å². The van der Waals surface area contributed by atoms with Gasteiger partial charge in [0.15, 0.2) is 5.69 Å². The van der Waals surface area contributed by atoms with E-state index in [9.17, 15) is 4.79 Å². The average molecular weight is 251 g/mol. The molecule has 0 aliphatic carbocycles. The molecule has 3 heterocycles. The summed E-state index contributed by atoms with van der Waals surface area (Å²) in [5, 5.41) is 4.29. The van der Waals surface area contributed by atoms with Gasteiger partial charge in [0.25, 0.3) is 5.91 Å². The van der Waals surface area contributed by atoms with Crippen molar-refractivity contribution in [1.29, 1.82) is 0 Å². The maximum Gasteiger partial charge on any atom is 0.274 e. The van der Waals surface area contributed by atoms with Crippen LogP contribution in [-0.4, -0.2) is 53.0 Å². The summed E-state index contributed by atoms with van der Waals surface area (Å²) in [6.07, 6.45) is 0.871. The van der Waals surface area contributed by atoms with Gasteiger partial charge in [-0.15, -0.1) is 0 Å². The standard InChI is InChI=1S/C12H17N3O3/c1-9-2-5-17-6-3-14(9)12(16)10-8-11-15(13-10)4-7-18-11/h8-9H,2-7H2,1H3. The fourth-order valence-corrected chi connectivity index (χ4v) is 2.36. The lowest BCUT2D eigenvalue weighted by Gasteiger charge is -2.25. The van der Waals surface area contributed by atoms with Crippen LogP contribution in [0.15, 0.2) is 6.07 Å². The van der Waals surface area contributed by atoms with E-state index in [0.717, 1.165) is 13.0 Å². The Morgan fingerprint density at radius 3 is 3.11 bits per heavy atom. The van der Waals surface area contributed by atoms with Gasteiger partial charge >= 0.3 is 0 Å². The molecular formula is C12H17N3O3. The molecule has 1 aromatic heterocycles. The Morgan fingerprint density at radius 1 is 1.39 bits per heavy atom. The minimum atomic E-state index is -0.0292. The second-order valence-corrected chi connectivity index (χ2v) is 4.69. The molecule has 0 saturated carbocycles. The van der Waals surface area contributed by atoms with Crippen molar-refractivity contribution in [2.24, 2.45) is 0 Å². The monoisotopic (exact) mass is 251 g/mol. The van der Waals surface area contributed by atoms with E-state index in [2.05, 4.69) is 5.10 Å². The molecule has 0 radical (unpaired) electrons. The minimum Gasteiger partial charge on any atom is -0.476 e. The number of hydrogen-bond donors (Lipinski definition) is 0. The highest BCUT2D eigenvalue weighted by atomic mass is 16.5. The lowest BCUT2D eigenvalue weighted by molar-refractivity contribution is 0.0680. The van der Waals surface area contributed by atoms with E-state index in [4.69, 9.17) is 9.47 Å². The van der Waals surface area contributed by atoms with Crippen molar-refractivity contribution >= 4 is 5.91 Å². The van der Waals surface area contributed by atoms with Crippen molar-refractivity contribution in [2.75, 3.05) is 26.4 Å². The van der Waals surface area contributed by atoms with E-state index in [1.807, 2.05) is 11.8 Å². The summed E-state index contributed by atoms with van der Waals surface area (Å²) in [6, 6.07) is 1.92. The number of nitrogens with zero attached hydrogens (tertiary/aromatic N) is 3. The first-order valence-corrected chi connectivity index (χ1v) is 6.35. The first-order valence-electron chi connectivity index (χ1n) is 6.35. The highest BCUT2D eigenvalue weighted by molar-refractivity contribution is 5.92. The second-order valence-electron chi connectivity index (χ2n) is 4.69. The molecule has 0 aromatic carbocycles. The van der Waals surface area contributed by atoms with Crippen LogP contribution in [-0.2, 0) is 11.3 Å². The van der Waals surface area contributed by atoms with Crippen LogP contribution < -0.4 is 4.74 Å². The molecule has 1 saturated heterocycles. The van der Waals surface area contributed by atoms with Gasteiger partial charge in [-0.2, -0.15) is 5.10 Å². The van der Waals surface area contributed by atoms with E-state index < -0.39 is 0 Å². The van der Waals surface area contributed by atoms with Crippen LogP contribution in [0.3, 0.4) is 0 Å².